The summed E-state index contributed by atoms with van der Waals surface area (Å²) < 4.78 is 29.3. The fourth-order valence-electron chi connectivity index (χ4n) is 4.10. The zero-order valence-electron chi connectivity index (χ0n) is 17.2. The van der Waals surface area contributed by atoms with Crippen LogP contribution in [0.4, 0.5) is 5.69 Å². The van der Waals surface area contributed by atoms with Crippen LogP contribution in [0.5, 0.6) is 0 Å². The molecule has 0 saturated carbocycles. The number of nitrogens with one attached hydrogen (secondary N) is 1. The number of fused-ring (bicyclic) bond motifs is 2. The smallest absolute Gasteiger partial charge is 0.246 e. The molecule has 1 amide bonds. The van der Waals surface area contributed by atoms with E-state index in [4.69, 9.17) is 0 Å². The minimum Gasteiger partial charge on any atom is -0.324 e. The highest BCUT2D eigenvalue weighted by atomic mass is 32.2. The summed E-state index contributed by atoms with van der Waals surface area (Å²) in [5.74, 6) is -0.351. The van der Waals surface area contributed by atoms with Crippen molar-refractivity contribution >= 4 is 32.5 Å². The summed E-state index contributed by atoms with van der Waals surface area (Å²) in [6, 6.07) is 24.5. The van der Waals surface area contributed by atoms with Crippen LogP contribution < -0.4 is 5.32 Å². The number of para-hydroxylation sites is 2. The van der Waals surface area contributed by atoms with Crippen molar-refractivity contribution in [2.45, 2.75) is 23.9 Å². The quantitative estimate of drug-likeness (QED) is 0.517. The number of aromatic nitrogens is 1. The molecule has 1 atom stereocenters. The third kappa shape index (κ3) is 3.66. The topological polar surface area (TPSA) is 79.4 Å². The zero-order valence-corrected chi connectivity index (χ0v) is 18.0. The van der Waals surface area contributed by atoms with Crippen molar-refractivity contribution in [3.63, 3.8) is 0 Å². The van der Waals surface area contributed by atoms with Gasteiger partial charge in [-0.1, -0.05) is 66.7 Å². The first-order chi connectivity index (χ1) is 15.5. The molecular formula is C25H21N3O3S. The van der Waals surface area contributed by atoms with Crippen LogP contribution in [-0.4, -0.2) is 29.7 Å². The first-order valence-corrected chi connectivity index (χ1v) is 11.8. The maximum Gasteiger partial charge on any atom is 0.246 e. The molecule has 0 saturated heterocycles. The standard InChI is InChI=1S/C25H21N3O3S/c29-25-22(16-18-8-2-1-3-9-18)28(17-20-10-4-5-13-21(20)27-25)32(30,31)23-14-6-11-19-12-7-15-26-24(19)23/h1-15,22H,16-17H2,(H,27,29)/t22-/m1/s1. The molecule has 160 valence electrons. The number of amides is 1. The van der Waals surface area contributed by atoms with Crippen LogP contribution in [-0.2, 0) is 27.8 Å². The van der Waals surface area contributed by atoms with Crippen molar-refractivity contribution in [1.82, 2.24) is 9.29 Å². The van der Waals surface area contributed by atoms with E-state index < -0.39 is 16.1 Å². The third-order valence-electron chi connectivity index (χ3n) is 5.71. The lowest BCUT2D eigenvalue weighted by molar-refractivity contribution is -0.119. The first-order valence-electron chi connectivity index (χ1n) is 10.3. The normalized spacial score (nSPS) is 16.9. The zero-order chi connectivity index (χ0) is 22.1. The molecule has 5 rings (SSSR count). The van der Waals surface area contributed by atoms with Crippen LogP contribution in [0.2, 0.25) is 0 Å². The molecule has 0 spiro atoms. The molecule has 6 nitrogen and oxygen atoms in total. The Balaban J connectivity index is 1.66. The van der Waals surface area contributed by atoms with Crippen LogP contribution in [0.15, 0.2) is 96.0 Å². The molecule has 3 aromatic carbocycles. The Morgan fingerprint density at radius 3 is 2.50 bits per heavy atom. The van der Waals surface area contributed by atoms with Crippen LogP contribution in [0, 0.1) is 0 Å². The van der Waals surface area contributed by atoms with E-state index in [0.29, 0.717) is 11.2 Å². The molecule has 0 unspecified atom stereocenters. The second-order valence-electron chi connectivity index (χ2n) is 7.73. The van der Waals surface area contributed by atoms with Gasteiger partial charge in [0, 0.05) is 23.8 Å². The number of carbonyl (C=O) groups excluding carboxylic acids is 1. The Labute approximate surface area is 186 Å². The minimum atomic E-state index is -4.05. The van der Waals surface area contributed by atoms with Gasteiger partial charge >= 0.3 is 0 Å². The number of anilines is 1. The minimum absolute atomic E-state index is 0.0813. The van der Waals surface area contributed by atoms with Crippen LogP contribution >= 0.6 is 0 Å². The Hall–Kier alpha value is -3.55. The van der Waals surface area contributed by atoms with Gasteiger partial charge in [0.05, 0.1) is 5.52 Å². The molecule has 0 fully saturated rings. The van der Waals surface area contributed by atoms with E-state index in [0.717, 1.165) is 16.5 Å². The molecule has 1 aliphatic heterocycles. The van der Waals surface area contributed by atoms with Crippen LogP contribution in [0.3, 0.4) is 0 Å². The van der Waals surface area contributed by atoms with Gasteiger partial charge in [-0.25, -0.2) is 8.42 Å². The molecule has 4 aromatic rings. The van der Waals surface area contributed by atoms with Gasteiger partial charge in [0.15, 0.2) is 0 Å². The van der Waals surface area contributed by atoms with Gasteiger partial charge in [-0.3, -0.25) is 9.78 Å². The summed E-state index contributed by atoms with van der Waals surface area (Å²) in [6.07, 6.45) is 1.84. The number of hydrogen-bond donors (Lipinski definition) is 1. The Bertz CT molecular complexity index is 1400. The fourth-order valence-corrected chi connectivity index (χ4v) is 5.83. The number of nitrogens with zero attached hydrogens (tertiary/aromatic N) is 2. The summed E-state index contributed by atoms with van der Waals surface area (Å²) in [7, 11) is -4.05. The van der Waals surface area contributed by atoms with E-state index in [1.54, 1.807) is 30.5 Å². The highest BCUT2D eigenvalue weighted by molar-refractivity contribution is 7.89. The van der Waals surface area contributed by atoms with Crippen LogP contribution in [0.1, 0.15) is 11.1 Å². The average Bonchev–Trinajstić information content (AvgIpc) is 2.96. The van der Waals surface area contributed by atoms with Gasteiger partial charge in [0.1, 0.15) is 10.9 Å². The first kappa shape index (κ1) is 20.4. The molecule has 2 heterocycles. The second-order valence-corrected chi connectivity index (χ2v) is 9.59. The van der Waals surface area contributed by atoms with E-state index in [1.165, 1.54) is 4.31 Å². The fraction of sp³-hybridized carbons (Fsp3) is 0.120. The van der Waals surface area contributed by atoms with Crippen molar-refractivity contribution in [2.75, 3.05) is 5.32 Å². The number of hydrogen-bond acceptors (Lipinski definition) is 4. The Kier molecular flexibility index (Phi) is 5.20. The highest BCUT2D eigenvalue weighted by Crippen LogP contribution is 2.31. The van der Waals surface area contributed by atoms with Gasteiger partial charge in [-0.15, -0.1) is 0 Å². The number of benzene rings is 3. The molecular weight excluding hydrogens is 422 g/mol. The Morgan fingerprint density at radius 1 is 0.906 bits per heavy atom. The second kappa shape index (κ2) is 8.18. The van der Waals surface area contributed by atoms with Gasteiger partial charge in [-0.2, -0.15) is 4.31 Å². The summed E-state index contributed by atoms with van der Waals surface area (Å²) in [5.41, 5.74) is 2.65. The maximum atomic E-state index is 14.0. The monoisotopic (exact) mass is 443 g/mol. The lowest BCUT2D eigenvalue weighted by atomic mass is 10.1. The lowest BCUT2D eigenvalue weighted by Gasteiger charge is -2.28. The molecule has 7 heteroatoms. The van der Waals surface area contributed by atoms with Gasteiger partial charge in [0.25, 0.3) is 0 Å². The molecule has 0 aliphatic carbocycles. The summed E-state index contributed by atoms with van der Waals surface area (Å²) >= 11 is 0. The van der Waals surface area contributed by atoms with Crippen molar-refractivity contribution in [1.29, 1.82) is 0 Å². The van der Waals surface area contributed by atoms with Gasteiger partial charge in [0.2, 0.25) is 15.9 Å². The highest BCUT2D eigenvalue weighted by Gasteiger charge is 2.39. The molecule has 1 aliphatic rings. The summed E-state index contributed by atoms with van der Waals surface area (Å²) in [6.45, 7) is 0.0813. The molecule has 0 radical (unpaired) electrons. The molecule has 0 bridgehead atoms. The number of carbonyl (C=O) groups is 1. The van der Waals surface area contributed by atoms with Crippen molar-refractivity contribution < 1.29 is 13.2 Å². The van der Waals surface area contributed by atoms with E-state index in [2.05, 4.69) is 10.3 Å². The predicted molar refractivity (Wildman–Crippen MR) is 123 cm³/mol. The van der Waals surface area contributed by atoms with Gasteiger partial charge in [-0.05, 0) is 35.7 Å². The molecule has 1 aromatic heterocycles. The number of sulfonamides is 1. The molecule has 32 heavy (non-hydrogen) atoms. The predicted octanol–water partition coefficient (Wildman–Crippen LogP) is 3.99. The summed E-state index contributed by atoms with van der Waals surface area (Å²) in [5, 5.41) is 3.65. The average molecular weight is 444 g/mol. The van der Waals surface area contributed by atoms with E-state index >= 15 is 0 Å². The van der Waals surface area contributed by atoms with Crippen LogP contribution in [0.25, 0.3) is 10.9 Å². The number of pyridine rings is 1. The lowest BCUT2D eigenvalue weighted by Crippen LogP contribution is -2.46. The van der Waals surface area contributed by atoms with E-state index in [-0.39, 0.29) is 23.8 Å². The largest absolute Gasteiger partial charge is 0.324 e. The Morgan fingerprint density at radius 2 is 1.66 bits per heavy atom. The van der Waals surface area contributed by atoms with Crippen molar-refractivity contribution in [2.24, 2.45) is 0 Å². The van der Waals surface area contributed by atoms with E-state index in [1.807, 2.05) is 60.7 Å². The number of rotatable bonds is 4. The summed E-state index contributed by atoms with van der Waals surface area (Å²) in [4.78, 5) is 17.7. The third-order valence-corrected chi connectivity index (χ3v) is 7.59. The SMILES string of the molecule is O=C1Nc2ccccc2CN(S(=O)(=O)c2cccc3cccnc23)[C@@H]1Cc1ccccc1. The van der Waals surface area contributed by atoms with E-state index in [9.17, 15) is 13.2 Å². The van der Waals surface area contributed by atoms with Crippen molar-refractivity contribution in [3.05, 3.63) is 102 Å². The molecule has 1 N–H and O–H groups in total. The van der Waals surface area contributed by atoms with Gasteiger partial charge < -0.3 is 5.32 Å². The maximum absolute atomic E-state index is 14.0. The van der Waals surface area contributed by atoms with Crippen molar-refractivity contribution in [3.8, 4) is 0 Å².